The van der Waals surface area contributed by atoms with E-state index in [1.54, 1.807) is 0 Å². The minimum absolute atomic E-state index is 0. The zero-order chi connectivity index (χ0) is 12.6. The maximum Gasteiger partial charge on any atom is 0.0281 e. The summed E-state index contributed by atoms with van der Waals surface area (Å²) in [5.74, 6) is 6.44. The molecule has 0 radical (unpaired) electrons. The lowest BCUT2D eigenvalue weighted by Gasteiger charge is -2.02. The Labute approximate surface area is 126 Å². The number of aryl methyl sites for hydroxylation is 1. The van der Waals surface area contributed by atoms with E-state index < -0.39 is 0 Å². The van der Waals surface area contributed by atoms with Crippen molar-refractivity contribution in [3.8, 4) is 11.8 Å². The molecule has 0 fully saturated rings. The molecule has 3 heteroatoms. The largest absolute Gasteiger partial charge is 0.412 e. The highest BCUT2D eigenvalue weighted by Gasteiger charge is 1.97. The number of hydrogen-bond donors (Lipinski definition) is 1. The normalized spacial score (nSPS) is 8.65. The van der Waals surface area contributed by atoms with Crippen LogP contribution >= 0.6 is 12.4 Å². The monoisotopic (exact) mass is 289 g/mol. The molecule has 106 valence electrons. The summed E-state index contributed by atoms with van der Waals surface area (Å²) in [6.07, 6.45) is 2.00. The minimum atomic E-state index is 0. The summed E-state index contributed by atoms with van der Waals surface area (Å²) in [5, 5.41) is 0. The standard InChI is InChI=1S/C17H17N.ClH.H2O/c18-14-6-11-16-9-4-5-10-17(16)13-12-15-7-2-1-3-8-15;;/h1-5,7-10H,6,11,14,18H2;1H;1H2. The quantitative estimate of drug-likeness (QED) is 0.868. The molecule has 4 N–H and O–H groups in total. The molecule has 0 aliphatic heterocycles. The van der Waals surface area contributed by atoms with Crippen LogP contribution in [-0.4, -0.2) is 12.0 Å². The second kappa shape index (κ2) is 10.1. The minimum Gasteiger partial charge on any atom is -0.412 e. The molecular formula is C17H20ClNO. The van der Waals surface area contributed by atoms with Crippen molar-refractivity contribution in [3.63, 3.8) is 0 Å². The van der Waals surface area contributed by atoms with Gasteiger partial charge in [-0.25, -0.2) is 0 Å². The number of benzene rings is 2. The number of rotatable bonds is 3. The Hall–Kier alpha value is -1.79. The van der Waals surface area contributed by atoms with Crippen LogP contribution < -0.4 is 5.73 Å². The fraction of sp³-hybridized carbons (Fsp3) is 0.176. The molecule has 0 aromatic heterocycles. The maximum absolute atomic E-state index is 5.56. The molecule has 0 atom stereocenters. The van der Waals surface area contributed by atoms with Crippen molar-refractivity contribution in [3.05, 3.63) is 71.3 Å². The third-order valence-electron chi connectivity index (χ3n) is 2.78. The van der Waals surface area contributed by atoms with Crippen LogP contribution in [-0.2, 0) is 6.42 Å². The first-order valence-electron chi connectivity index (χ1n) is 6.25. The van der Waals surface area contributed by atoms with Crippen molar-refractivity contribution < 1.29 is 5.48 Å². The molecule has 0 aliphatic rings. The van der Waals surface area contributed by atoms with Crippen LogP contribution in [0.4, 0.5) is 0 Å². The van der Waals surface area contributed by atoms with Gasteiger partial charge in [-0.05, 0) is 43.1 Å². The van der Waals surface area contributed by atoms with Gasteiger partial charge >= 0.3 is 0 Å². The molecule has 20 heavy (non-hydrogen) atoms. The van der Waals surface area contributed by atoms with Gasteiger partial charge in [0.25, 0.3) is 0 Å². The SMILES string of the molecule is Cl.NCCCc1ccccc1C#Cc1ccccc1.O. The first-order valence-corrected chi connectivity index (χ1v) is 6.25. The third-order valence-corrected chi connectivity index (χ3v) is 2.78. The highest BCUT2D eigenvalue weighted by Crippen LogP contribution is 2.10. The zero-order valence-electron chi connectivity index (χ0n) is 11.3. The van der Waals surface area contributed by atoms with Gasteiger partial charge in [-0.2, -0.15) is 0 Å². The van der Waals surface area contributed by atoms with Crippen molar-refractivity contribution in [2.24, 2.45) is 5.73 Å². The molecular weight excluding hydrogens is 270 g/mol. The molecule has 2 nitrogen and oxygen atoms in total. The second-order valence-corrected chi connectivity index (χ2v) is 4.17. The maximum atomic E-state index is 5.56. The molecule has 0 saturated heterocycles. The molecule has 0 amide bonds. The molecule has 0 spiro atoms. The fourth-order valence-corrected chi connectivity index (χ4v) is 1.81. The van der Waals surface area contributed by atoms with Crippen LogP contribution in [0.3, 0.4) is 0 Å². The van der Waals surface area contributed by atoms with Crippen LogP contribution in [0, 0.1) is 11.8 Å². The first-order chi connectivity index (χ1) is 8.90. The average molecular weight is 290 g/mol. The van der Waals surface area contributed by atoms with E-state index in [1.165, 1.54) is 5.56 Å². The summed E-state index contributed by atoms with van der Waals surface area (Å²) in [7, 11) is 0. The lowest BCUT2D eigenvalue weighted by molar-refractivity contribution is 0.824. The van der Waals surface area contributed by atoms with E-state index in [9.17, 15) is 0 Å². The van der Waals surface area contributed by atoms with Gasteiger partial charge in [0.2, 0.25) is 0 Å². The molecule has 0 saturated carbocycles. The molecule has 2 aromatic rings. The summed E-state index contributed by atoms with van der Waals surface area (Å²) in [4.78, 5) is 0. The Balaban J connectivity index is 0.00000180. The van der Waals surface area contributed by atoms with Gasteiger partial charge in [0.1, 0.15) is 0 Å². The Kier molecular flexibility index (Phi) is 9.15. The van der Waals surface area contributed by atoms with Crippen LogP contribution in [0.2, 0.25) is 0 Å². The predicted molar refractivity (Wildman–Crippen MR) is 87.1 cm³/mol. The topological polar surface area (TPSA) is 57.5 Å². The summed E-state index contributed by atoms with van der Waals surface area (Å²) >= 11 is 0. The Morgan fingerprint density at radius 2 is 1.50 bits per heavy atom. The number of halogens is 1. The van der Waals surface area contributed by atoms with Gasteiger partial charge in [-0.3, -0.25) is 0 Å². The zero-order valence-corrected chi connectivity index (χ0v) is 12.1. The lowest BCUT2D eigenvalue weighted by atomic mass is 10.0. The third kappa shape index (κ3) is 5.46. The Bertz CT molecular complexity index is 558. The number of hydrogen-bond acceptors (Lipinski definition) is 1. The van der Waals surface area contributed by atoms with Gasteiger partial charge in [-0.15, -0.1) is 12.4 Å². The molecule has 0 aliphatic carbocycles. The van der Waals surface area contributed by atoms with Crippen molar-refractivity contribution in [2.75, 3.05) is 6.54 Å². The Morgan fingerprint density at radius 3 is 2.20 bits per heavy atom. The van der Waals surface area contributed by atoms with E-state index in [0.717, 1.165) is 30.5 Å². The number of nitrogens with two attached hydrogens (primary N) is 1. The van der Waals surface area contributed by atoms with E-state index >= 15 is 0 Å². The smallest absolute Gasteiger partial charge is 0.0281 e. The summed E-state index contributed by atoms with van der Waals surface area (Å²) in [5.41, 5.74) is 8.99. The molecule has 2 rings (SSSR count). The van der Waals surface area contributed by atoms with E-state index in [-0.39, 0.29) is 17.9 Å². The molecule has 2 aromatic carbocycles. The van der Waals surface area contributed by atoms with Gasteiger partial charge in [0, 0.05) is 11.1 Å². The highest BCUT2D eigenvalue weighted by molar-refractivity contribution is 5.85. The van der Waals surface area contributed by atoms with Crippen molar-refractivity contribution in [2.45, 2.75) is 12.8 Å². The predicted octanol–water partition coefficient (Wildman–Crippen LogP) is 2.57. The van der Waals surface area contributed by atoms with Crippen molar-refractivity contribution >= 4 is 12.4 Å². The van der Waals surface area contributed by atoms with Gasteiger partial charge in [0.05, 0.1) is 0 Å². The van der Waals surface area contributed by atoms with Crippen LogP contribution in [0.5, 0.6) is 0 Å². The fourth-order valence-electron chi connectivity index (χ4n) is 1.81. The van der Waals surface area contributed by atoms with E-state index in [4.69, 9.17) is 5.73 Å². The molecule has 0 bridgehead atoms. The molecule has 0 heterocycles. The van der Waals surface area contributed by atoms with Crippen molar-refractivity contribution in [1.82, 2.24) is 0 Å². The summed E-state index contributed by atoms with van der Waals surface area (Å²) in [6.45, 7) is 0.723. The summed E-state index contributed by atoms with van der Waals surface area (Å²) in [6, 6.07) is 18.3. The first kappa shape index (κ1) is 18.2. The van der Waals surface area contributed by atoms with Gasteiger partial charge < -0.3 is 11.2 Å². The van der Waals surface area contributed by atoms with Gasteiger partial charge in [0.15, 0.2) is 0 Å². The Morgan fingerprint density at radius 1 is 0.850 bits per heavy atom. The van der Waals surface area contributed by atoms with E-state index in [1.807, 2.05) is 36.4 Å². The van der Waals surface area contributed by atoms with Crippen LogP contribution in [0.15, 0.2) is 54.6 Å². The van der Waals surface area contributed by atoms with Crippen LogP contribution in [0.25, 0.3) is 0 Å². The molecule has 0 unspecified atom stereocenters. The lowest BCUT2D eigenvalue weighted by Crippen LogP contribution is -2.01. The van der Waals surface area contributed by atoms with Crippen LogP contribution in [0.1, 0.15) is 23.1 Å². The van der Waals surface area contributed by atoms with Gasteiger partial charge in [-0.1, -0.05) is 48.2 Å². The summed E-state index contributed by atoms with van der Waals surface area (Å²) < 4.78 is 0. The highest BCUT2D eigenvalue weighted by atomic mass is 35.5. The van der Waals surface area contributed by atoms with Crippen molar-refractivity contribution in [1.29, 1.82) is 0 Å². The van der Waals surface area contributed by atoms with E-state index in [0.29, 0.717) is 0 Å². The van der Waals surface area contributed by atoms with E-state index in [2.05, 4.69) is 30.0 Å². The average Bonchev–Trinajstić information content (AvgIpc) is 2.45. The second-order valence-electron chi connectivity index (χ2n) is 4.17.